The Morgan fingerprint density at radius 3 is 2.70 bits per heavy atom. The maximum atomic E-state index is 12.5. The molecule has 0 saturated carbocycles. The van der Waals surface area contributed by atoms with Crippen molar-refractivity contribution in [3.8, 4) is 5.75 Å². The predicted molar refractivity (Wildman–Crippen MR) is 81.4 cm³/mol. The molecule has 2 aromatic carbocycles. The molecule has 0 atom stereocenters. The third-order valence-corrected chi connectivity index (χ3v) is 3.90. The van der Waals surface area contributed by atoms with Crippen LogP contribution in [0.2, 0.25) is 0 Å². The summed E-state index contributed by atoms with van der Waals surface area (Å²) in [5, 5.41) is 12.8. The minimum Gasteiger partial charge on any atom is -0.508 e. The summed E-state index contributed by atoms with van der Waals surface area (Å²) in [5.74, 6) is -2.29. The number of benzene rings is 2. The number of hydrogen-bond donors (Lipinski definition) is 2. The van der Waals surface area contributed by atoms with E-state index in [0.29, 0.717) is 34.5 Å². The van der Waals surface area contributed by atoms with Crippen molar-refractivity contribution >= 4 is 33.4 Å². The molecule has 20 heavy (non-hydrogen) atoms. The highest BCUT2D eigenvalue weighted by atomic mass is 79.9. The van der Waals surface area contributed by atoms with Crippen LogP contribution in [0.4, 0.5) is 14.5 Å². The van der Waals surface area contributed by atoms with Crippen LogP contribution in [0.25, 0.3) is 0 Å². The maximum absolute atomic E-state index is 12.5. The number of anilines is 1. The molecular weight excluding hydrogens is 348 g/mol. The van der Waals surface area contributed by atoms with E-state index in [2.05, 4.69) is 21.2 Å². The van der Waals surface area contributed by atoms with E-state index < -0.39 is 5.76 Å². The van der Waals surface area contributed by atoms with Gasteiger partial charge in [0, 0.05) is 27.2 Å². The number of nitrogens with one attached hydrogen (secondary N) is 1. The van der Waals surface area contributed by atoms with Crippen molar-refractivity contribution in [3.63, 3.8) is 0 Å². The van der Waals surface area contributed by atoms with Crippen molar-refractivity contribution in [1.82, 2.24) is 0 Å². The fourth-order valence-corrected chi connectivity index (χ4v) is 2.72. The van der Waals surface area contributed by atoms with Crippen LogP contribution in [0.1, 0.15) is 5.56 Å². The fourth-order valence-electron chi connectivity index (χ4n) is 1.70. The van der Waals surface area contributed by atoms with Crippen LogP contribution in [-0.4, -0.2) is 10.9 Å². The summed E-state index contributed by atoms with van der Waals surface area (Å²) in [6.07, 6.45) is 0. The molecule has 6 heteroatoms. The zero-order chi connectivity index (χ0) is 14.5. The van der Waals surface area contributed by atoms with E-state index in [4.69, 9.17) is 0 Å². The molecule has 0 aromatic heterocycles. The summed E-state index contributed by atoms with van der Waals surface area (Å²) in [4.78, 5) is 0.483. The van der Waals surface area contributed by atoms with Gasteiger partial charge in [-0.05, 0) is 30.3 Å². The van der Waals surface area contributed by atoms with E-state index in [1.165, 1.54) is 0 Å². The first-order chi connectivity index (χ1) is 9.56. The fraction of sp³-hybridized carbons (Fsp3) is 0.143. The van der Waals surface area contributed by atoms with E-state index in [1.54, 1.807) is 42.5 Å². The number of thioether (sulfide) groups is 1. The zero-order valence-corrected chi connectivity index (χ0v) is 12.7. The number of halogens is 3. The Morgan fingerprint density at radius 2 is 1.95 bits per heavy atom. The van der Waals surface area contributed by atoms with Crippen molar-refractivity contribution in [1.29, 1.82) is 0 Å². The van der Waals surface area contributed by atoms with Gasteiger partial charge in [0.05, 0.1) is 0 Å². The van der Waals surface area contributed by atoms with Gasteiger partial charge in [0.2, 0.25) is 0 Å². The molecule has 2 nitrogen and oxygen atoms in total. The SMILES string of the molecule is Oc1ccc(Br)cc1CNc1ccccc1SC(F)F. The van der Waals surface area contributed by atoms with Crippen LogP contribution in [0.5, 0.6) is 5.75 Å². The lowest BCUT2D eigenvalue weighted by molar-refractivity contribution is 0.252. The van der Waals surface area contributed by atoms with Gasteiger partial charge in [-0.15, -0.1) is 0 Å². The van der Waals surface area contributed by atoms with Gasteiger partial charge in [0.1, 0.15) is 5.75 Å². The first kappa shape index (κ1) is 15.1. The first-order valence-corrected chi connectivity index (χ1v) is 7.48. The number of aromatic hydroxyl groups is 1. The Balaban J connectivity index is 2.12. The number of alkyl halides is 2. The van der Waals surface area contributed by atoms with Crippen LogP contribution in [0.15, 0.2) is 51.8 Å². The molecule has 0 aliphatic heterocycles. The van der Waals surface area contributed by atoms with Gasteiger partial charge in [-0.1, -0.05) is 39.8 Å². The monoisotopic (exact) mass is 359 g/mol. The molecule has 0 radical (unpaired) electrons. The van der Waals surface area contributed by atoms with Gasteiger partial charge in [-0.2, -0.15) is 8.78 Å². The lowest BCUT2D eigenvalue weighted by atomic mass is 10.2. The van der Waals surface area contributed by atoms with Gasteiger partial charge in [0.25, 0.3) is 5.76 Å². The molecule has 0 heterocycles. The predicted octanol–water partition coefficient (Wildman–Crippen LogP) is 5.08. The van der Waals surface area contributed by atoms with E-state index in [9.17, 15) is 13.9 Å². The highest BCUT2D eigenvalue weighted by molar-refractivity contribution is 9.10. The largest absolute Gasteiger partial charge is 0.508 e. The molecule has 2 N–H and O–H groups in total. The van der Waals surface area contributed by atoms with Crippen molar-refractivity contribution in [2.75, 3.05) is 5.32 Å². The summed E-state index contributed by atoms with van der Waals surface area (Å²) >= 11 is 3.83. The van der Waals surface area contributed by atoms with Crippen molar-refractivity contribution < 1.29 is 13.9 Å². The average molecular weight is 360 g/mol. The molecule has 0 aliphatic carbocycles. The number of phenols is 1. The standard InChI is InChI=1S/C14H12BrF2NOS/c15-10-5-6-12(19)9(7-10)8-18-11-3-1-2-4-13(11)20-14(16)17/h1-7,14,18-19H,8H2. The summed E-state index contributed by atoms with van der Waals surface area (Å²) in [6.45, 7) is 0.353. The van der Waals surface area contributed by atoms with Gasteiger partial charge in [0.15, 0.2) is 0 Å². The minimum absolute atomic E-state index is 0.166. The second-order valence-corrected chi connectivity index (χ2v) is 5.95. The summed E-state index contributed by atoms with van der Waals surface area (Å²) in [6, 6.07) is 12.0. The molecule has 0 spiro atoms. The number of phenolic OH excluding ortho intramolecular Hbond substituents is 1. The molecule has 0 unspecified atom stereocenters. The van der Waals surface area contributed by atoms with Gasteiger partial charge < -0.3 is 10.4 Å². The van der Waals surface area contributed by atoms with E-state index in [1.807, 2.05) is 0 Å². The quantitative estimate of drug-likeness (QED) is 0.730. The van der Waals surface area contributed by atoms with Crippen molar-refractivity contribution in [2.45, 2.75) is 17.2 Å². The van der Waals surface area contributed by atoms with Gasteiger partial charge in [-0.3, -0.25) is 0 Å². The Bertz CT molecular complexity index is 595. The van der Waals surface area contributed by atoms with E-state index >= 15 is 0 Å². The Kier molecular flexibility index (Phi) is 5.25. The molecule has 106 valence electrons. The highest BCUT2D eigenvalue weighted by Crippen LogP contribution is 2.32. The average Bonchev–Trinajstić information content (AvgIpc) is 2.41. The van der Waals surface area contributed by atoms with Crippen molar-refractivity contribution in [3.05, 3.63) is 52.5 Å². The molecule has 0 saturated heterocycles. The third-order valence-electron chi connectivity index (χ3n) is 2.61. The van der Waals surface area contributed by atoms with E-state index in [-0.39, 0.29) is 5.75 Å². The smallest absolute Gasteiger partial charge is 0.288 e. The van der Waals surface area contributed by atoms with Crippen molar-refractivity contribution in [2.24, 2.45) is 0 Å². The number of para-hydroxylation sites is 1. The second-order valence-electron chi connectivity index (χ2n) is 4.00. The van der Waals surface area contributed by atoms with Crippen LogP contribution in [-0.2, 0) is 6.54 Å². The number of rotatable bonds is 5. The molecular formula is C14H12BrF2NOS. The Labute approximate surface area is 128 Å². The molecule has 0 bridgehead atoms. The van der Waals surface area contributed by atoms with Crippen LogP contribution in [0, 0.1) is 0 Å². The number of hydrogen-bond acceptors (Lipinski definition) is 3. The van der Waals surface area contributed by atoms with Crippen LogP contribution < -0.4 is 5.32 Å². The molecule has 2 aromatic rings. The Morgan fingerprint density at radius 1 is 1.20 bits per heavy atom. The summed E-state index contributed by atoms with van der Waals surface area (Å²) in [5.41, 5.74) is 1.31. The lowest BCUT2D eigenvalue weighted by Gasteiger charge is -2.12. The first-order valence-electron chi connectivity index (χ1n) is 5.81. The zero-order valence-electron chi connectivity index (χ0n) is 10.3. The minimum atomic E-state index is -2.46. The van der Waals surface area contributed by atoms with Gasteiger partial charge >= 0.3 is 0 Å². The van der Waals surface area contributed by atoms with Gasteiger partial charge in [-0.25, -0.2) is 0 Å². The topological polar surface area (TPSA) is 32.3 Å². The second kappa shape index (κ2) is 6.95. The lowest BCUT2D eigenvalue weighted by Crippen LogP contribution is -2.01. The van der Waals surface area contributed by atoms with Crippen LogP contribution >= 0.6 is 27.7 Å². The Hall–Kier alpha value is -1.27. The molecule has 0 amide bonds. The normalized spacial score (nSPS) is 10.8. The molecule has 0 fully saturated rings. The van der Waals surface area contributed by atoms with Crippen LogP contribution in [0.3, 0.4) is 0 Å². The third kappa shape index (κ3) is 4.11. The summed E-state index contributed by atoms with van der Waals surface area (Å²) < 4.78 is 25.8. The van der Waals surface area contributed by atoms with E-state index in [0.717, 1.165) is 4.47 Å². The molecule has 0 aliphatic rings. The molecule has 2 rings (SSSR count). The highest BCUT2D eigenvalue weighted by Gasteiger charge is 2.10. The summed E-state index contributed by atoms with van der Waals surface area (Å²) in [7, 11) is 0. The maximum Gasteiger partial charge on any atom is 0.288 e.